The Labute approximate surface area is 95.1 Å². The topological polar surface area (TPSA) is 72.0 Å². The number of aliphatic imine (C=N–C) groups is 2. The quantitative estimate of drug-likeness (QED) is 0.453. The molecule has 0 spiro atoms. The molecule has 0 saturated carbocycles. The first-order chi connectivity index (χ1) is 7.72. The highest BCUT2D eigenvalue weighted by atomic mass is 16.5. The van der Waals surface area contributed by atoms with Crippen molar-refractivity contribution < 1.29 is 4.74 Å². The Morgan fingerprint density at radius 3 is 2.81 bits per heavy atom. The molecule has 0 atom stereocenters. The summed E-state index contributed by atoms with van der Waals surface area (Å²) >= 11 is 0. The zero-order valence-corrected chi connectivity index (χ0v) is 9.69. The fourth-order valence-electron chi connectivity index (χ4n) is 1.23. The van der Waals surface area contributed by atoms with Gasteiger partial charge in [0.25, 0.3) is 0 Å². The minimum absolute atomic E-state index is 0.485. The summed E-state index contributed by atoms with van der Waals surface area (Å²) in [6.07, 6.45) is 1.65. The molecule has 0 amide bonds. The number of guanidine groups is 1. The lowest BCUT2D eigenvalue weighted by Crippen LogP contribution is -2.11. The second kappa shape index (κ2) is 5.75. The van der Waals surface area contributed by atoms with Gasteiger partial charge in [-0.2, -0.15) is 0 Å². The fraction of sp³-hybridized carbons (Fsp3) is 0.273. The minimum atomic E-state index is 0.485. The Morgan fingerprint density at radius 1 is 1.50 bits per heavy atom. The molecule has 0 aromatic heterocycles. The molecule has 1 aromatic rings. The molecule has 0 unspecified atom stereocenters. The first-order valence-corrected chi connectivity index (χ1v) is 4.88. The van der Waals surface area contributed by atoms with Crippen molar-refractivity contribution in [3.8, 4) is 5.75 Å². The molecule has 0 bridgehead atoms. The number of hydrogen-bond acceptors (Lipinski definition) is 3. The molecular weight excluding hydrogens is 204 g/mol. The van der Waals surface area contributed by atoms with Crippen molar-refractivity contribution in [1.82, 2.24) is 0 Å². The molecule has 0 saturated heterocycles. The maximum absolute atomic E-state index is 5.85. The number of ether oxygens (including phenoxy) is 1. The van der Waals surface area contributed by atoms with Gasteiger partial charge < -0.3 is 15.8 Å². The number of nitrogens with zero attached hydrogens (tertiary/aromatic N) is 2. The molecular formula is C11H16N4O. The highest BCUT2D eigenvalue weighted by molar-refractivity contribution is 6.01. The van der Waals surface area contributed by atoms with Gasteiger partial charge in [-0.05, 0) is 19.1 Å². The summed E-state index contributed by atoms with van der Waals surface area (Å²) in [6.45, 7) is 1.82. The lowest BCUT2D eigenvalue weighted by Gasteiger charge is -2.12. The van der Waals surface area contributed by atoms with E-state index in [1.807, 2.05) is 19.1 Å². The van der Waals surface area contributed by atoms with E-state index in [1.54, 1.807) is 26.4 Å². The smallest absolute Gasteiger partial charge is 0.222 e. The first kappa shape index (κ1) is 12.0. The van der Waals surface area contributed by atoms with Crippen LogP contribution in [0, 0.1) is 0 Å². The van der Waals surface area contributed by atoms with Crippen LogP contribution in [0.4, 0.5) is 11.4 Å². The van der Waals surface area contributed by atoms with Crippen molar-refractivity contribution in [3.63, 3.8) is 0 Å². The van der Waals surface area contributed by atoms with E-state index in [0.29, 0.717) is 23.1 Å². The second-order valence-electron chi connectivity index (χ2n) is 2.98. The molecule has 1 aromatic carbocycles. The Bertz CT molecular complexity index is 412. The second-order valence-corrected chi connectivity index (χ2v) is 2.98. The van der Waals surface area contributed by atoms with Crippen LogP contribution in [0.3, 0.4) is 0 Å². The van der Waals surface area contributed by atoms with E-state index >= 15 is 0 Å². The van der Waals surface area contributed by atoms with Crippen LogP contribution in [-0.4, -0.2) is 26.3 Å². The summed E-state index contributed by atoms with van der Waals surface area (Å²) in [7, 11) is 3.24. The van der Waals surface area contributed by atoms with Gasteiger partial charge in [0.2, 0.25) is 5.96 Å². The maximum atomic E-state index is 5.85. The van der Waals surface area contributed by atoms with Gasteiger partial charge in [-0.15, -0.1) is 0 Å². The van der Waals surface area contributed by atoms with E-state index < -0.39 is 0 Å². The van der Waals surface area contributed by atoms with E-state index in [4.69, 9.17) is 10.5 Å². The van der Waals surface area contributed by atoms with E-state index in [2.05, 4.69) is 15.3 Å². The molecule has 0 aliphatic heterocycles. The van der Waals surface area contributed by atoms with Crippen LogP contribution >= 0.6 is 0 Å². The highest BCUT2D eigenvalue weighted by Crippen LogP contribution is 2.30. The SMILES string of the molecule is CC=NC(=NC)Nc1c(N)cccc1OC. The average molecular weight is 220 g/mol. The highest BCUT2D eigenvalue weighted by Gasteiger charge is 2.07. The average Bonchev–Trinajstić information content (AvgIpc) is 2.30. The lowest BCUT2D eigenvalue weighted by atomic mass is 10.2. The fourth-order valence-corrected chi connectivity index (χ4v) is 1.23. The summed E-state index contributed by atoms with van der Waals surface area (Å²) in [4.78, 5) is 8.04. The molecule has 5 heteroatoms. The van der Waals surface area contributed by atoms with Gasteiger partial charge in [0.05, 0.1) is 12.8 Å². The summed E-state index contributed by atoms with van der Waals surface area (Å²) in [5, 5.41) is 3.02. The van der Waals surface area contributed by atoms with Crippen LogP contribution in [0.25, 0.3) is 0 Å². The number of nitrogen functional groups attached to an aromatic ring is 1. The van der Waals surface area contributed by atoms with Crippen molar-refractivity contribution in [2.75, 3.05) is 25.2 Å². The molecule has 5 nitrogen and oxygen atoms in total. The van der Waals surface area contributed by atoms with E-state index in [0.717, 1.165) is 0 Å². The van der Waals surface area contributed by atoms with E-state index in [1.165, 1.54) is 0 Å². The van der Waals surface area contributed by atoms with Gasteiger partial charge in [0.1, 0.15) is 11.4 Å². The number of para-hydroxylation sites is 1. The molecule has 0 aliphatic rings. The zero-order chi connectivity index (χ0) is 12.0. The van der Waals surface area contributed by atoms with E-state index in [-0.39, 0.29) is 0 Å². The molecule has 16 heavy (non-hydrogen) atoms. The molecule has 0 aliphatic carbocycles. The van der Waals surface area contributed by atoms with Crippen LogP contribution in [0.5, 0.6) is 5.75 Å². The largest absolute Gasteiger partial charge is 0.494 e. The Morgan fingerprint density at radius 2 is 2.25 bits per heavy atom. The standard InChI is InChI=1S/C11H16N4O/c1-4-14-11(13-2)15-10-8(12)6-5-7-9(10)16-3/h4-7H,12H2,1-3H3,(H,13,15). The minimum Gasteiger partial charge on any atom is -0.494 e. The predicted molar refractivity (Wildman–Crippen MR) is 68.6 cm³/mol. The van der Waals surface area contributed by atoms with Crippen molar-refractivity contribution in [1.29, 1.82) is 0 Å². The Balaban J connectivity index is 3.04. The van der Waals surface area contributed by atoms with Gasteiger partial charge in [-0.3, -0.25) is 4.99 Å². The summed E-state index contributed by atoms with van der Waals surface area (Å²) in [5.74, 6) is 1.14. The van der Waals surface area contributed by atoms with Gasteiger partial charge in [0.15, 0.2) is 0 Å². The van der Waals surface area contributed by atoms with Crippen LogP contribution in [0.2, 0.25) is 0 Å². The van der Waals surface area contributed by atoms with Crippen LogP contribution in [-0.2, 0) is 0 Å². The molecule has 0 heterocycles. The number of hydrogen-bond donors (Lipinski definition) is 2. The summed E-state index contributed by atoms with van der Waals surface area (Å²) < 4.78 is 5.20. The summed E-state index contributed by atoms with van der Waals surface area (Å²) in [6, 6.07) is 5.43. The third-order valence-corrected chi connectivity index (χ3v) is 1.98. The number of nitrogens with one attached hydrogen (secondary N) is 1. The van der Waals surface area contributed by atoms with Crippen molar-refractivity contribution >= 4 is 23.5 Å². The van der Waals surface area contributed by atoms with Gasteiger partial charge in [-0.1, -0.05) is 6.07 Å². The molecule has 1 rings (SSSR count). The van der Waals surface area contributed by atoms with Crippen molar-refractivity contribution in [2.45, 2.75) is 6.92 Å². The van der Waals surface area contributed by atoms with Crippen LogP contribution < -0.4 is 15.8 Å². The van der Waals surface area contributed by atoms with Gasteiger partial charge in [-0.25, -0.2) is 4.99 Å². The predicted octanol–water partition coefficient (Wildman–Crippen LogP) is 1.77. The number of methoxy groups -OCH3 is 1. The number of benzene rings is 1. The Kier molecular flexibility index (Phi) is 4.32. The van der Waals surface area contributed by atoms with Crippen LogP contribution in [0.1, 0.15) is 6.92 Å². The molecule has 0 fully saturated rings. The molecule has 3 N–H and O–H groups in total. The third kappa shape index (κ3) is 2.73. The van der Waals surface area contributed by atoms with Crippen LogP contribution in [0.15, 0.2) is 28.2 Å². The maximum Gasteiger partial charge on any atom is 0.222 e. The number of rotatable bonds is 2. The number of anilines is 2. The third-order valence-electron chi connectivity index (χ3n) is 1.98. The monoisotopic (exact) mass is 220 g/mol. The lowest BCUT2D eigenvalue weighted by molar-refractivity contribution is 0.417. The number of nitrogens with two attached hydrogens (primary N) is 1. The van der Waals surface area contributed by atoms with Gasteiger partial charge in [0, 0.05) is 13.3 Å². The zero-order valence-electron chi connectivity index (χ0n) is 9.69. The van der Waals surface area contributed by atoms with Gasteiger partial charge >= 0.3 is 0 Å². The van der Waals surface area contributed by atoms with E-state index in [9.17, 15) is 0 Å². The normalized spacial score (nSPS) is 11.8. The molecule has 0 radical (unpaired) electrons. The Hall–Kier alpha value is -2.04. The van der Waals surface area contributed by atoms with Crippen molar-refractivity contribution in [2.24, 2.45) is 9.98 Å². The summed E-state index contributed by atoms with van der Waals surface area (Å²) in [5.41, 5.74) is 7.11. The first-order valence-electron chi connectivity index (χ1n) is 4.88. The van der Waals surface area contributed by atoms with Crippen molar-refractivity contribution in [3.05, 3.63) is 18.2 Å². The molecule has 86 valence electrons.